The summed E-state index contributed by atoms with van der Waals surface area (Å²) in [5, 5.41) is 2.67. The van der Waals surface area contributed by atoms with Crippen molar-refractivity contribution in [3.63, 3.8) is 0 Å². The van der Waals surface area contributed by atoms with Crippen molar-refractivity contribution in [2.45, 2.75) is 19.4 Å². The molecule has 1 rings (SSSR count). The molecule has 0 heterocycles. The average Bonchev–Trinajstić information content (AvgIpc) is 2.26. The van der Waals surface area contributed by atoms with E-state index in [1.54, 1.807) is 26.0 Å². The monoisotopic (exact) mass is 402 g/mol. The van der Waals surface area contributed by atoms with Crippen molar-refractivity contribution in [1.82, 2.24) is 0 Å². The number of carbonyl (C=O) groups is 1. The molecule has 0 aromatic heterocycles. The quantitative estimate of drug-likeness (QED) is 0.430. The molecule has 0 aliphatic carbocycles. The lowest BCUT2D eigenvalue weighted by Gasteiger charge is -2.22. The van der Waals surface area contributed by atoms with Crippen LogP contribution in [0, 0.1) is 11.8 Å². The van der Waals surface area contributed by atoms with Gasteiger partial charge in [-0.2, -0.15) is 0 Å². The second kappa shape index (κ2) is 8.25. The van der Waals surface area contributed by atoms with Crippen LogP contribution in [0.2, 0.25) is 0 Å². The summed E-state index contributed by atoms with van der Waals surface area (Å²) in [7, 11) is 6.18. The van der Waals surface area contributed by atoms with E-state index in [0.29, 0.717) is 12.2 Å². The molecule has 5 heteroatoms. The Balaban J connectivity index is 0.00000400. The molecule has 0 saturated carbocycles. The summed E-state index contributed by atoms with van der Waals surface area (Å²) >= 11 is 0. The summed E-state index contributed by atoms with van der Waals surface area (Å²) in [5.74, 6) is 6.04. The molecule has 1 amide bonds. The van der Waals surface area contributed by atoms with E-state index in [1.165, 1.54) is 0 Å². The summed E-state index contributed by atoms with van der Waals surface area (Å²) in [6.45, 7) is 4.26. The maximum Gasteiger partial charge on any atom is 0.413 e. The molecule has 0 saturated heterocycles. The number of hydrogen-bond acceptors (Lipinski definition) is 2. The summed E-state index contributed by atoms with van der Waals surface area (Å²) in [6, 6.07) is 9.19. The molecule has 0 bridgehead atoms. The van der Waals surface area contributed by atoms with Crippen LogP contribution in [0.5, 0.6) is 0 Å². The number of para-hydroxylation sites is 1. The van der Waals surface area contributed by atoms with E-state index in [0.717, 1.165) is 4.48 Å². The minimum atomic E-state index is -0.811. The van der Waals surface area contributed by atoms with Gasteiger partial charge < -0.3 is 33.2 Å². The highest BCUT2D eigenvalue weighted by Gasteiger charge is 2.20. The largest absolute Gasteiger partial charge is 1.00 e. The number of rotatable bonds is 3. The lowest BCUT2D eigenvalue weighted by molar-refractivity contribution is -0.862. The van der Waals surface area contributed by atoms with Gasteiger partial charge >= 0.3 is 6.09 Å². The first kappa shape index (κ1) is 19.7. The fourth-order valence-corrected chi connectivity index (χ4v) is 1.41. The summed E-state index contributed by atoms with van der Waals surface area (Å²) in [5.41, 5.74) is -0.110. The number of nitrogens with zero attached hydrogens (tertiary/aromatic N) is 1. The highest BCUT2D eigenvalue weighted by atomic mass is 127. The van der Waals surface area contributed by atoms with Crippen molar-refractivity contribution < 1.29 is 38.0 Å². The Morgan fingerprint density at radius 2 is 1.81 bits per heavy atom. The van der Waals surface area contributed by atoms with E-state index >= 15 is 0 Å². The summed E-state index contributed by atoms with van der Waals surface area (Å²) < 4.78 is 6.08. The van der Waals surface area contributed by atoms with Crippen LogP contribution < -0.4 is 29.3 Å². The van der Waals surface area contributed by atoms with Gasteiger partial charge in [0, 0.05) is 5.69 Å². The Kier molecular flexibility index (Phi) is 7.75. The van der Waals surface area contributed by atoms with Crippen LogP contribution in [-0.4, -0.2) is 43.9 Å². The molecule has 0 aliphatic heterocycles. The highest BCUT2D eigenvalue weighted by Crippen LogP contribution is 2.11. The first-order valence-electron chi connectivity index (χ1n) is 6.53. The number of ether oxygens (including phenoxy) is 1. The van der Waals surface area contributed by atoms with Gasteiger partial charge in [-0.05, 0) is 31.9 Å². The number of halogens is 1. The molecule has 0 unspecified atom stereocenters. The molecule has 116 valence electrons. The average molecular weight is 402 g/mol. The zero-order chi connectivity index (χ0) is 15.2. The number of hydrogen-bond donors (Lipinski definition) is 1. The van der Waals surface area contributed by atoms with Crippen molar-refractivity contribution in [1.29, 1.82) is 0 Å². The molecule has 1 N–H and O–H groups in total. The lowest BCUT2D eigenvalue weighted by atomic mass is 10.1. The highest BCUT2D eigenvalue weighted by molar-refractivity contribution is 5.84. The first-order chi connectivity index (χ1) is 9.18. The van der Waals surface area contributed by atoms with Crippen LogP contribution >= 0.6 is 0 Å². The Morgan fingerprint density at radius 1 is 1.24 bits per heavy atom. The van der Waals surface area contributed by atoms with Gasteiger partial charge in [0.05, 0.1) is 21.1 Å². The predicted octanol–water partition coefficient (Wildman–Crippen LogP) is -0.273. The van der Waals surface area contributed by atoms with Gasteiger partial charge in [0.1, 0.15) is 6.54 Å². The number of amides is 1. The maximum absolute atomic E-state index is 11.8. The zero-order valence-electron chi connectivity index (χ0n) is 13.2. The second-order valence-corrected chi connectivity index (χ2v) is 6.14. The molecular weight excluding hydrogens is 379 g/mol. The van der Waals surface area contributed by atoms with Crippen molar-refractivity contribution in [3.8, 4) is 11.8 Å². The van der Waals surface area contributed by atoms with Crippen LogP contribution in [0.4, 0.5) is 10.5 Å². The van der Waals surface area contributed by atoms with Crippen molar-refractivity contribution in [3.05, 3.63) is 30.3 Å². The van der Waals surface area contributed by atoms with Crippen molar-refractivity contribution >= 4 is 11.8 Å². The van der Waals surface area contributed by atoms with E-state index in [2.05, 4.69) is 38.3 Å². The molecule has 0 spiro atoms. The van der Waals surface area contributed by atoms with E-state index < -0.39 is 11.7 Å². The molecular formula is C16H23IN2O2. The molecule has 4 nitrogen and oxygen atoms in total. The molecule has 0 aliphatic rings. The molecule has 1 aromatic carbocycles. The van der Waals surface area contributed by atoms with Gasteiger partial charge in [-0.25, -0.2) is 4.79 Å². The van der Waals surface area contributed by atoms with Gasteiger partial charge in [0.2, 0.25) is 0 Å². The second-order valence-electron chi connectivity index (χ2n) is 6.14. The van der Waals surface area contributed by atoms with Gasteiger partial charge in [0.25, 0.3) is 0 Å². The number of carbonyl (C=O) groups excluding carboxylic acids is 1. The van der Waals surface area contributed by atoms with Crippen LogP contribution in [0.1, 0.15) is 13.8 Å². The van der Waals surface area contributed by atoms with E-state index in [9.17, 15) is 4.79 Å². The molecule has 0 fully saturated rings. The van der Waals surface area contributed by atoms with Crippen LogP contribution in [0.3, 0.4) is 0 Å². The third-order valence-corrected chi connectivity index (χ3v) is 2.31. The Hall–Kier alpha value is -1.26. The number of nitrogens with one attached hydrogen (secondary N) is 1. The SMILES string of the molecule is CC(C)(C#CC[N+](C)(C)C)OC(=O)Nc1ccccc1.[I-]. The Bertz CT molecular complexity index is 511. The standard InChI is InChI=1S/C16H22N2O2.HI/c1-16(2,12-9-13-18(3,4)5)20-15(19)17-14-10-7-6-8-11-14;/h6-8,10-11H,13H2,1-5H3;1H. The van der Waals surface area contributed by atoms with Crippen LogP contribution in [0.25, 0.3) is 0 Å². The van der Waals surface area contributed by atoms with E-state index in [1.807, 2.05) is 18.2 Å². The van der Waals surface area contributed by atoms with E-state index in [4.69, 9.17) is 4.74 Å². The topological polar surface area (TPSA) is 38.3 Å². The van der Waals surface area contributed by atoms with Crippen molar-refractivity contribution in [2.75, 3.05) is 33.0 Å². The number of anilines is 1. The lowest BCUT2D eigenvalue weighted by Crippen LogP contribution is -3.00. The normalized spacial score (nSPS) is 10.7. The van der Waals surface area contributed by atoms with Gasteiger partial charge in [0.15, 0.2) is 5.60 Å². The number of benzene rings is 1. The summed E-state index contributed by atoms with van der Waals surface area (Å²) in [6.07, 6.45) is -0.499. The fraction of sp³-hybridized carbons (Fsp3) is 0.438. The minimum Gasteiger partial charge on any atom is -1.00 e. The van der Waals surface area contributed by atoms with Crippen LogP contribution in [0.15, 0.2) is 30.3 Å². The zero-order valence-corrected chi connectivity index (χ0v) is 15.4. The Labute approximate surface area is 144 Å². The third-order valence-electron chi connectivity index (χ3n) is 2.31. The summed E-state index contributed by atoms with van der Waals surface area (Å²) in [4.78, 5) is 11.8. The number of quaternary nitrogens is 1. The third kappa shape index (κ3) is 9.32. The molecule has 21 heavy (non-hydrogen) atoms. The predicted molar refractivity (Wildman–Crippen MR) is 81.3 cm³/mol. The van der Waals surface area contributed by atoms with Gasteiger partial charge in [-0.1, -0.05) is 24.1 Å². The van der Waals surface area contributed by atoms with Gasteiger partial charge in [-0.15, -0.1) is 0 Å². The van der Waals surface area contributed by atoms with Gasteiger partial charge in [-0.3, -0.25) is 5.32 Å². The van der Waals surface area contributed by atoms with Crippen molar-refractivity contribution in [2.24, 2.45) is 0 Å². The first-order valence-corrected chi connectivity index (χ1v) is 6.53. The molecule has 1 aromatic rings. The maximum atomic E-state index is 11.8. The smallest absolute Gasteiger partial charge is 0.413 e. The fourth-order valence-electron chi connectivity index (χ4n) is 1.41. The molecule has 0 radical (unpaired) electrons. The van der Waals surface area contributed by atoms with E-state index in [-0.39, 0.29) is 24.0 Å². The van der Waals surface area contributed by atoms with Crippen LogP contribution in [-0.2, 0) is 4.74 Å². The Morgan fingerprint density at radius 3 is 2.33 bits per heavy atom. The minimum absolute atomic E-state index is 0. The molecule has 0 atom stereocenters.